The fourth-order valence-corrected chi connectivity index (χ4v) is 7.39. The molecule has 3 N–H and O–H groups in total. The molecule has 0 aliphatic carbocycles. The third-order valence-electron chi connectivity index (χ3n) is 7.73. The summed E-state index contributed by atoms with van der Waals surface area (Å²) in [5, 5.41) is 17.6. The van der Waals surface area contributed by atoms with Gasteiger partial charge in [0.2, 0.25) is 5.95 Å². The Balaban J connectivity index is 1.38. The highest BCUT2D eigenvalue weighted by Crippen LogP contribution is 2.43. The van der Waals surface area contributed by atoms with Crippen molar-refractivity contribution in [3.8, 4) is 16.9 Å². The number of rotatable bonds is 9. The van der Waals surface area contributed by atoms with Crippen molar-refractivity contribution in [2.75, 3.05) is 62.2 Å². The highest BCUT2D eigenvalue weighted by Gasteiger charge is 2.23. The number of aromatic nitrogens is 4. The van der Waals surface area contributed by atoms with Crippen LogP contribution < -0.4 is 30.9 Å². The van der Waals surface area contributed by atoms with Crippen LogP contribution in [0.5, 0.6) is 5.75 Å². The van der Waals surface area contributed by atoms with Gasteiger partial charge in [-0.25, -0.2) is 4.98 Å². The van der Waals surface area contributed by atoms with Gasteiger partial charge in [0.1, 0.15) is 18.7 Å². The second-order valence-electron chi connectivity index (χ2n) is 11.1. The van der Waals surface area contributed by atoms with E-state index in [9.17, 15) is 4.57 Å². The zero-order chi connectivity index (χ0) is 30.8. The summed E-state index contributed by atoms with van der Waals surface area (Å²) in [4.78, 5) is 11.7. The Hall–Kier alpha value is -3.92. The fourth-order valence-electron chi connectivity index (χ4n) is 5.61. The molecule has 0 amide bonds. The largest absolute Gasteiger partial charge is 0.494 e. The number of ether oxygens (including phenoxy) is 1. The lowest BCUT2D eigenvalue weighted by molar-refractivity contribution is 0.416. The van der Waals surface area contributed by atoms with Crippen molar-refractivity contribution in [2.24, 2.45) is 0 Å². The molecule has 1 fully saturated rings. The number of aryl methyl sites for hydroxylation is 1. The molecule has 3 aromatic carbocycles. The van der Waals surface area contributed by atoms with Gasteiger partial charge < -0.3 is 30.2 Å². The minimum absolute atomic E-state index is 0.387. The summed E-state index contributed by atoms with van der Waals surface area (Å²) in [5.74, 6) is 1.62. The minimum atomic E-state index is -2.65. The van der Waals surface area contributed by atoms with Crippen molar-refractivity contribution in [3.63, 3.8) is 0 Å². The van der Waals surface area contributed by atoms with Crippen LogP contribution in [0.1, 0.15) is 6.92 Å². The molecule has 5 aromatic rings. The van der Waals surface area contributed by atoms with E-state index in [1.807, 2.05) is 47.3 Å². The number of fused-ring (bicyclic) bond motifs is 1. The normalized spacial score (nSPS) is 13.7. The SMILES string of the molecule is CCn1cc(-c2cc(Nc3ncc(Br)c(Nc4ccc5ccccc5c4P(C)(C)=O)n3)c(OC)cc2N2CCNCC2)cn1. The van der Waals surface area contributed by atoms with Gasteiger partial charge >= 0.3 is 0 Å². The second kappa shape index (κ2) is 12.6. The van der Waals surface area contributed by atoms with Crippen LogP contribution in [0.15, 0.2) is 71.6 Å². The summed E-state index contributed by atoms with van der Waals surface area (Å²) in [5.41, 5.74) is 4.65. The number of methoxy groups -OCH3 is 1. The number of halogens is 1. The Bertz CT molecular complexity index is 1870. The molecule has 12 heteroatoms. The van der Waals surface area contributed by atoms with Gasteiger partial charge in [-0.05, 0) is 59.1 Å². The lowest BCUT2D eigenvalue weighted by Crippen LogP contribution is -2.43. The smallest absolute Gasteiger partial charge is 0.229 e. The number of nitrogens with zero attached hydrogens (tertiary/aromatic N) is 5. The molecule has 0 unspecified atom stereocenters. The molecule has 1 aliphatic heterocycles. The monoisotopic (exact) mass is 674 g/mol. The molecular weight excluding hydrogens is 639 g/mol. The van der Waals surface area contributed by atoms with E-state index in [1.54, 1.807) is 26.6 Å². The molecule has 228 valence electrons. The predicted molar refractivity (Wildman–Crippen MR) is 184 cm³/mol. The van der Waals surface area contributed by atoms with E-state index in [4.69, 9.17) is 9.72 Å². The van der Waals surface area contributed by atoms with Crippen molar-refractivity contribution in [1.29, 1.82) is 0 Å². The summed E-state index contributed by atoms with van der Waals surface area (Å²) < 4.78 is 22.0. The Labute approximate surface area is 265 Å². The number of hydrogen-bond donors (Lipinski definition) is 3. The lowest BCUT2D eigenvalue weighted by Gasteiger charge is -2.31. The maximum atomic E-state index is 13.5. The number of piperazine rings is 1. The van der Waals surface area contributed by atoms with E-state index in [1.165, 1.54) is 0 Å². The Morgan fingerprint density at radius 3 is 2.57 bits per heavy atom. The number of nitrogens with one attached hydrogen (secondary N) is 3. The van der Waals surface area contributed by atoms with E-state index < -0.39 is 7.14 Å². The molecule has 2 aromatic heterocycles. The molecule has 0 bridgehead atoms. The van der Waals surface area contributed by atoms with Gasteiger partial charge in [0.25, 0.3) is 0 Å². The number of anilines is 5. The molecule has 1 saturated heterocycles. The standard InChI is InChI=1S/C32H36BrN8O2P/c1-5-41-20-22(18-36-41)24-16-27(29(43-2)17-28(24)40-14-12-34-13-15-40)38-32-35-19-25(33)31(39-32)37-26-11-10-21-8-6-7-9-23(21)30(26)44(3,4)42/h6-11,16-20,34H,5,12-15H2,1-4H3,(H2,35,37,38,39). The van der Waals surface area contributed by atoms with Crippen LogP contribution in [0, 0.1) is 0 Å². The second-order valence-corrected chi connectivity index (χ2v) is 15.1. The maximum absolute atomic E-state index is 13.5. The molecule has 0 saturated carbocycles. The van der Waals surface area contributed by atoms with Crippen LogP contribution >= 0.6 is 23.1 Å². The highest BCUT2D eigenvalue weighted by molar-refractivity contribution is 9.10. The van der Waals surface area contributed by atoms with Crippen LogP contribution in [0.25, 0.3) is 21.9 Å². The van der Waals surface area contributed by atoms with Gasteiger partial charge in [-0.1, -0.05) is 30.3 Å². The van der Waals surface area contributed by atoms with Crippen molar-refractivity contribution in [2.45, 2.75) is 13.5 Å². The topological polar surface area (TPSA) is 109 Å². The molecule has 6 rings (SSSR count). The molecule has 0 atom stereocenters. The molecule has 0 radical (unpaired) electrons. The van der Waals surface area contributed by atoms with Crippen molar-refractivity contribution < 1.29 is 9.30 Å². The zero-order valence-corrected chi connectivity index (χ0v) is 27.7. The lowest BCUT2D eigenvalue weighted by atomic mass is 10.0. The van der Waals surface area contributed by atoms with E-state index in [2.05, 4.69) is 72.1 Å². The summed E-state index contributed by atoms with van der Waals surface area (Å²) in [7, 11) is -0.983. The molecule has 1 aliphatic rings. The first kappa shape index (κ1) is 30.1. The average molecular weight is 676 g/mol. The van der Waals surface area contributed by atoms with Crippen molar-refractivity contribution >= 4 is 68.0 Å². The Morgan fingerprint density at radius 1 is 1.05 bits per heavy atom. The maximum Gasteiger partial charge on any atom is 0.229 e. The van der Waals surface area contributed by atoms with Crippen LogP contribution in [0.3, 0.4) is 0 Å². The first-order valence-corrected chi connectivity index (χ1v) is 18.0. The number of hydrogen-bond acceptors (Lipinski definition) is 9. The van der Waals surface area contributed by atoms with Crippen molar-refractivity contribution in [1.82, 2.24) is 25.1 Å². The van der Waals surface area contributed by atoms with Gasteiger partial charge in [0.05, 0.1) is 29.2 Å². The summed E-state index contributed by atoms with van der Waals surface area (Å²) in [6, 6.07) is 16.1. The molecule has 10 nitrogen and oxygen atoms in total. The molecule has 0 spiro atoms. The predicted octanol–water partition coefficient (Wildman–Crippen LogP) is 6.43. The van der Waals surface area contributed by atoms with Crippen LogP contribution in [0.4, 0.5) is 28.8 Å². The molecular formula is C32H36BrN8O2P. The average Bonchev–Trinajstić information content (AvgIpc) is 3.51. The number of benzene rings is 3. The van der Waals surface area contributed by atoms with Gasteiger partial charge in [0.15, 0.2) is 0 Å². The first-order valence-electron chi connectivity index (χ1n) is 14.6. The van der Waals surface area contributed by atoms with Crippen LogP contribution in [-0.2, 0) is 11.1 Å². The van der Waals surface area contributed by atoms with Gasteiger partial charge in [-0.15, -0.1) is 0 Å². The fraction of sp³-hybridized carbons (Fsp3) is 0.281. The molecule has 3 heterocycles. The summed E-state index contributed by atoms with van der Waals surface area (Å²) in [6.45, 7) is 10.1. The van der Waals surface area contributed by atoms with E-state index in [-0.39, 0.29) is 0 Å². The van der Waals surface area contributed by atoms with E-state index >= 15 is 0 Å². The third-order valence-corrected chi connectivity index (χ3v) is 9.87. The van der Waals surface area contributed by atoms with E-state index in [0.717, 1.165) is 77.0 Å². The van der Waals surface area contributed by atoms with Crippen LogP contribution in [-0.4, -0.2) is 66.4 Å². The first-order chi connectivity index (χ1) is 21.2. The van der Waals surface area contributed by atoms with Gasteiger partial charge in [0, 0.05) is 73.3 Å². The Morgan fingerprint density at radius 2 is 1.84 bits per heavy atom. The summed E-state index contributed by atoms with van der Waals surface area (Å²) >= 11 is 3.60. The Kier molecular flexibility index (Phi) is 8.62. The highest BCUT2D eigenvalue weighted by atomic mass is 79.9. The quantitative estimate of drug-likeness (QED) is 0.152. The minimum Gasteiger partial charge on any atom is -0.494 e. The van der Waals surface area contributed by atoms with E-state index in [0.29, 0.717) is 22.0 Å². The summed E-state index contributed by atoms with van der Waals surface area (Å²) in [6.07, 6.45) is 5.67. The third kappa shape index (κ3) is 6.18. The van der Waals surface area contributed by atoms with Crippen molar-refractivity contribution in [3.05, 3.63) is 71.6 Å². The van der Waals surface area contributed by atoms with Gasteiger partial charge in [-0.2, -0.15) is 10.1 Å². The zero-order valence-electron chi connectivity index (χ0n) is 25.3. The molecule has 44 heavy (non-hydrogen) atoms. The van der Waals surface area contributed by atoms with Crippen LogP contribution in [0.2, 0.25) is 0 Å². The van der Waals surface area contributed by atoms with Gasteiger partial charge in [-0.3, -0.25) is 4.68 Å².